The average Bonchev–Trinajstić information content (AvgIpc) is 3.16. The van der Waals surface area contributed by atoms with Gasteiger partial charge in [-0.15, -0.1) is 11.3 Å². The molecule has 3 nitrogen and oxygen atoms in total. The van der Waals surface area contributed by atoms with E-state index in [1.165, 1.54) is 11.1 Å². The minimum Gasteiger partial charge on any atom is -0.292 e. The fourth-order valence-corrected chi connectivity index (χ4v) is 3.95. The van der Waals surface area contributed by atoms with Crippen molar-refractivity contribution in [3.8, 4) is 10.7 Å². The maximum Gasteiger partial charge on any atom is 0.196 e. The van der Waals surface area contributed by atoms with Crippen LogP contribution in [0.4, 0.5) is 0 Å². The molecule has 1 atom stereocenters. The van der Waals surface area contributed by atoms with Crippen molar-refractivity contribution in [3.05, 3.63) is 57.7 Å². The maximum absolute atomic E-state index is 5.46. The van der Waals surface area contributed by atoms with Gasteiger partial charge in [-0.3, -0.25) is 9.67 Å². The van der Waals surface area contributed by atoms with Crippen molar-refractivity contribution in [1.29, 1.82) is 0 Å². The molecule has 1 aliphatic rings. The van der Waals surface area contributed by atoms with Gasteiger partial charge in [0, 0.05) is 0 Å². The lowest BCUT2D eigenvalue weighted by atomic mass is 10.1. The molecule has 0 aliphatic heterocycles. The zero-order chi connectivity index (χ0) is 13.5. The van der Waals surface area contributed by atoms with Gasteiger partial charge in [0.1, 0.15) is 0 Å². The third-order valence-corrected chi connectivity index (χ3v) is 5.01. The Kier molecular flexibility index (Phi) is 2.82. The highest BCUT2D eigenvalue weighted by Crippen LogP contribution is 2.37. The fraction of sp³-hybridized carbons (Fsp3) is 0.200. The van der Waals surface area contributed by atoms with Crippen molar-refractivity contribution in [2.75, 3.05) is 0 Å². The van der Waals surface area contributed by atoms with E-state index in [1.807, 2.05) is 6.07 Å². The van der Waals surface area contributed by atoms with Crippen molar-refractivity contribution in [2.24, 2.45) is 0 Å². The van der Waals surface area contributed by atoms with Crippen LogP contribution in [0.5, 0.6) is 0 Å². The highest BCUT2D eigenvalue weighted by atomic mass is 32.1. The maximum atomic E-state index is 5.46. The van der Waals surface area contributed by atoms with Gasteiger partial charge in [-0.1, -0.05) is 30.3 Å². The van der Waals surface area contributed by atoms with Crippen LogP contribution in [0.2, 0.25) is 0 Å². The Morgan fingerprint density at radius 2 is 2.15 bits per heavy atom. The van der Waals surface area contributed by atoms with Gasteiger partial charge in [0.15, 0.2) is 10.6 Å². The lowest BCUT2D eigenvalue weighted by molar-refractivity contribution is 0.578. The summed E-state index contributed by atoms with van der Waals surface area (Å²) < 4.78 is 2.88. The third kappa shape index (κ3) is 1.77. The fourth-order valence-electron chi connectivity index (χ4n) is 2.98. The van der Waals surface area contributed by atoms with Crippen molar-refractivity contribution in [2.45, 2.75) is 18.9 Å². The molecule has 0 saturated heterocycles. The molecule has 1 aliphatic carbocycles. The predicted molar refractivity (Wildman–Crippen MR) is 83.6 cm³/mol. The van der Waals surface area contributed by atoms with Gasteiger partial charge in [-0.05, 0) is 47.6 Å². The van der Waals surface area contributed by atoms with Gasteiger partial charge in [0.2, 0.25) is 0 Å². The molecule has 2 aromatic heterocycles. The Labute approximate surface area is 125 Å². The smallest absolute Gasteiger partial charge is 0.196 e. The average molecular weight is 299 g/mol. The molecule has 0 fully saturated rings. The van der Waals surface area contributed by atoms with Crippen molar-refractivity contribution in [3.63, 3.8) is 0 Å². The van der Waals surface area contributed by atoms with E-state index in [2.05, 4.69) is 50.5 Å². The summed E-state index contributed by atoms with van der Waals surface area (Å²) in [6.07, 6.45) is 2.20. The number of hydrogen-bond donors (Lipinski definition) is 1. The van der Waals surface area contributed by atoms with Gasteiger partial charge in [-0.2, -0.15) is 5.10 Å². The first-order valence-electron chi connectivity index (χ1n) is 6.63. The molecule has 0 saturated carbocycles. The summed E-state index contributed by atoms with van der Waals surface area (Å²) in [5, 5.41) is 9.46. The first-order chi connectivity index (χ1) is 9.84. The Bertz CT molecular complexity index is 799. The van der Waals surface area contributed by atoms with Crippen LogP contribution >= 0.6 is 23.6 Å². The molecule has 0 radical (unpaired) electrons. The second-order valence-electron chi connectivity index (χ2n) is 4.95. The van der Waals surface area contributed by atoms with Crippen LogP contribution in [0.1, 0.15) is 23.6 Å². The molecule has 5 heteroatoms. The van der Waals surface area contributed by atoms with Crippen LogP contribution in [0.3, 0.4) is 0 Å². The minimum absolute atomic E-state index is 0.301. The van der Waals surface area contributed by atoms with E-state index in [0.29, 0.717) is 10.8 Å². The van der Waals surface area contributed by atoms with Crippen LogP contribution in [-0.2, 0) is 6.42 Å². The Morgan fingerprint density at radius 3 is 3.00 bits per heavy atom. The summed E-state index contributed by atoms with van der Waals surface area (Å²) in [6, 6.07) is 13.1. The van der Waals surface area contributed by atoms with Gasteiger partial charge < -0.3 is 0 Å². The molecule has 2 heterocycles. The van der Waals surface area contributed by atoms with Crippen molar-refractivity contribution >= 4 is 23.6 Å². The zero-order valence-corrected chi connectivity index (χ0v) is 12.4. The molecule has 20 heavy (non-hydrogen) atoms. The SMILES string of the molecule is S=c1[nH]nc(-c2cccs2)n1[C@@H]1CCc2ccccc21. The first-order valence-corrected chi connectivity index (χ1v) is 7.92. The number of thiophene rings is 1. The molecular formula is C15H13N3S2. The second kappa shape index (κ2) is 4.68. The summed E-state index contributed by atoms with van der Waals surface area (Å²) in [6.45, 7) is 0. The number of aryl methyl sites for hydroxylation is 1. The molecule has 3 aromatic rings. The Balaban J connectivity index is 1.89. The van der Waals surface area contributed by atoms with E-state index in [4.69, 9.17) is 12.2 Å². The molecule has 100 valence electrons. The second-order valence-corrected chi connectivity index (χ2v) is 6.29. The molecule has 0 spiro atoms. The normalized spacial score (nSPS) is 17.3. The highest BCUT2D eigenvalue weighted by Gasteiger charge is 2.26. The molecule has 0 unspecified atom stereocenters. The lowest BCUT2D eigenvalue weighted by Gasteiger charge is -2.15. The number of fused-ring (bicyclic) bond motifs is 1. The van der Waals surface area contributed by atoms with Gasteiger partial charge in [-0.25, -0.2) is 0 Å². The topological polar surface area (TPSA) is 33.6 Å². The minimum atomic E-state index is 0.301. The third-order valence-electron chi connectivity index (χ3n) is 3.86. The molecule has 0 bridgehead atoms. The monoisotopic (exact) mass is 299 g/mol. The number of H-pyrrole nitrogens is 1. The first kappa shape index (κ1) is 12.1. The van der Waals surface area contributed by atoms with Crippen LogP contribution < -0.4 is 0 Å². The largest absolute Gasteiger partial charge is 0.292 e. The molecule has 4 rings (SSSR count). The summed E-state index contributed by atoms with van der Waals surface area (Å²) in [4.78, 5) is 1.15. The van der Waals surface area contributed by atoms with E-state index in [1.54, 1.807) is 11.3 Å². The Hall–Kier alpha value is -1.72. The summed E-state index contributed by atoms with van der Waals surface area (Å²) >= 11 is 7.16. The molecule has 0 amide bonds. The number of hydrogen-bond acceptors (Lipinski definition) is 3. The number of aromatic amines is 1. The number of nitrogens with one attached hydrogen (secondary N) is 1. The van der Waals surface area contributed by atoms with E-state index < -0.39 is 0 Å². The summed E-state index contributed by atoms with van der Waals surface area (Å²) in [5.41, 5.74) is 2.81. The summed E-state index contributed by atoms with van der Waals surface area (Å²) in [7, 11) is 0. The quantitative estimate of drug-likeness (QED) is 0.719. The predicted octanol–water partition coefficient (Wildman–Crippen LogP) is 4.20. The van der Waals surface area contributed by atoms with Crippen LogP contribution in [-0.4, -0.2) is 14.8 Å². The standard InChI is InChI=1S/C15H13N3S2/c19-15-17-16-14(13-6-3-9-20-13)18(15)12-8-7-10-4-1-2-5-11(10)12/h1-6,9,12H,7-8H2,(H,17,19)/t12-/m1/s1. The van der Waals surface area contributed by atoms with E-state index in [-0.39, 0.29) is 0 Å². The van der Waals surface area contributed by atoms with E-state index in [9.17, 15) is 0 Å². The molecule has 1 N–H and O–H groups in total. The van der Waals surface area contributed by atoms with E-state index >= 15 is 0 Å². The van der Waals surface area contributed by atoms with Gasteiger partial charge in [0.25, 0.3) is 0 Å². The Morgan fingerprint density at radius 1 is 1.25 bits per heavy atom. The van der Waals surface area contributed by atoms with Crippen molar-refractivity contribution < 1.29 is 0 Å². The lowest BCUT2D eigenvalue weighted by Crippen LogP contribution is -2.09. The molecular weight excluding hydrogens is 286 g/mol. The number of rotatable bonds is 2. The number of benzene rings is 1. The zero-order valence-electron chi connectivity index (χ0n) is 10.7. The highest BCUT2D eigenvalue weighted by molar-refractivity contribution is 7.71. The van der Waals surface area contributed by atoms with Gasteiger partial charge in [0.05, 0.1) is 10.9 Å². The summed E-state index contributed by atoms with van der Waals surface area (Å²) in [5.74, 6) is 0.951. The van der Waals surface area contributed by atoms with Gasteiger partial charge >= 0.3 is 0 Å². The van der Waals surface area contributed by atoms with Crippen LogP contribution in [0.25, 0.3) is 10.7 Å². The van der Waals surface area contributed by atoms with Crippen molar-refractivity contribution in [1.82, 2.24) is 14.8 Å². The molecule has 1 aromatic carbocycles. The van der Waals surface area contributed by atoms with E-state index in [0.717, 1.165) is 23.5 Å². The number of aromatic nitrogens is 3. The number of nitrogens with zero attached hydrogens (tertiary/aromatic N) is 2. The van der Waals surface area contributed by atoms with Crippen LogP contribution in [0.15, 0.2) is 41.8 Å². The van der Waals surface area contributed by atoms with Crippen LogP contribution in [0, 0.1) is 4.77 Å².